The van der Waals surface area contributed by atoms with Crippen molar-refractivity contribution in [3.8, 4) is 0 Å². The molecule has 13 heteroatoms. The molecule has 0 aliphatic carbocycles. The van der Waals surface area contributed by atoms with E-state index in [2.05, 4.69) is 95.4 Å². The van der Waals surface area contributed by atoms with Crippen LogP contribution in [0.15, 0.2) is 60.8 Å². The molecular weight excluding hydrogens is 1330 g/mol. The number of carbonyl (C=O) groups is 5. The Hall–Kier alpha value is -4.07. The molecule has 0 saturated carbocycles. The van der Waals surface area contributed by atoms with Gasteiger partial charge in [0, 0.05) is 32.1 Å². The lowest BCUT2D eigenvalue weighted by Crippen LogP contribution is -2.74. The van der Waals surface area contributed by atoms with Crippen molar-refractivity contribution < 1.29 is 63.0 Å². The Balaban J connectivity index is 6.93. The summed E-state index contributed by atoms with van der Waals surface area (Å²) in [6, 6.07) is 0. The molecule has 0 aromatic heterocycles. The zero-order valence-electron chi connectivity index (χ0n) is 69.7. The van der Waals surface area contributed by atoms with Crippen LogP contribution in [0.5, 0.6) is 0 Å². The van der Waals surface area contributed by atoms with E-state index in [1.807, 2.05) is 0 Å². The van der Waals surface area contributed by atoms with Gasteiger partial charge in [-0.2, -0.15) is 0 Å². The molecule has 0 heterocycles. The quantitative estimate of drug-likeness (QED) is 0.0171. The molecule has 0 spiro atoms. The monoisotopic (exact) mass is 1490 g/mol. The van der Waals surface area contributed by atoms with Crippen LogP contribution >= 0.6 is 0 Å². The van der Waals surface area contributed by atoms with Crippen LogP contribution in [-0.4, -0.2) is 62.9 Å². The molecule has 13 nitrogen and oxygen atoms in total. The molecule has 618 valence electrons. The number of esters is 5. The summed E-state index contributed by atoms with van der Waals surface area (Å²) in [4.78, 5) is 71.2. The zero-order chi connectivity index (χ0) is 77.5. The van der Waals surface area contributed by atoms with Crippen LogP contribution in [0.3, 0.4) is 0 Å². The molecule has 0 saturated heterocycles. The molecule has 0 atom stereocenters. The lowest BCUT2D eigenvalue weighted by Gasteiger charge is -2.44. The highest BCUT2D eigenvalue weighted by Crippen LogP contribution is 2.41. The van der Waals surface area contributed by atoms with E-state index < -0.39 is 47.6 Å². The van der Waals surface area contributed by atoms with Gasteiger partial charge in [-0.05, 0) is 161 Å². The number of carbonyl (C=O) groups excluding carboxylic acids is 5. The Kier molecular flexibility index (Phi) is 74.7. The molecule has 0 bridgehead atoms. The summed E-state index contributed by atoms with van der Waals surface area (Å²) in [6.07, 6.45) is 86.6. The van der Waals surface area contributed by atoms with Gasteiger partial charge in [-0.1, -0.05) is 352 Å². The van der Waals surface area contributed by atoms with Gasteiger partial charge in [-0.3, -0.25) is 24.0 Å². The number of rotatable bonds is 82. The van der Waals surface area contributed by atoms with E-state index in [1.165, 1.54) is 193 Å². The number of allylic oxidation sites excluding steroid dienone is 10. The fourth-order valence-electron chi connectivity index (χ4n) is 13.4. The van der Waals surface area contributed by atoms with Crippen LogP contribution in [0.4, 0.5) is 0 Å². The van der Waals surface area contributed by atoms with Gasteiger partial charge in [-0.15, -0.1) is 0 Å². The molecule has 0 fully saturated rings. The summed E-state index contributed by atoms with van der Waals surface area (Å²) in [5, 5.41) is 38.9. The molecule has 0 aliphatic heterocycles. The van der Waals surface area contributed by atoms with E-state index >= 15 is 0 Å². The Bertz CT molecular complexity index is 1920. The van der Waals surface area contributed by atoms with Gasteiger partial charge in [-0.25, -0.2) is 0 Å². The number of aliphatic hydroxyl groups is 3. The van der Waals surface area contributed by atoms with Crippen molar-refractivity contribution in [3.63, 3.8) is 0 Å². The van der Waals surface area contributed by atoms with Crippen molar-refractivity contribution >= 4 is 29.8 Å². The molecule has 0 amide bonds. The minimum Gasteiger partial charge on any atom is -0.413 e. The maximum absolute atomic E-state index is 14.4. The molecule has 0 aromatic rings. The maximum Gasteiger partial charge on any atom is 0.455 e. The average molecular weight is 1490 g/mol. The average Bonchev–Trinajstić information content (AvgIpc) is 0.733. The number of hydrogen-bond donors (Lipinski definition) is 3. The van der Waals surface area contributed by atoms with E-state index in [1.54, 1.807) is 0 Å². The number of hydrogen-bond acceptors (Lipinski definition) is 13. The first-order chi connectivity index (χ1) is 51.8. The smallest absolute Gasteiger partial charge is 0.413 e. The third-order valence-electron chi connectivity index (χ3n) is 20.3. The Morgan fingerprint density at radius 1 is 0.189 bits per heavy atom. The highest BCUT2D eigenvalue weighted by atomic mass is 16.9. The Labute approximate surface area is 652 Å². The summed E-state index contributed by atoms with van der Waals surface area (Å²) in [5.41, 5.74) is 0. The van der Waals surface area contributed by atoms with Crippen LogP contribution in [0.2, 0.25) is 0 Å². The fraction of sp³-hybridized carbons (Fsp3) is 0.839. The minimum absolute atomic E-state index is 0.245. The summed E-state index contributed by atoms with van der Waals surface area (Å²) in [5.74, 6) is -18.4. The Morgan fingerprint density at radius 3 is 0.462 bits per heavy atom. The standard InChI is InChI=1S/C93H168O13/c1-6-11-16-21-26-31-36-41-46-51-56-61-66-71-76-81-86(94)102-91(99,92(100,103-87(95)82-77-72-67-62-57-52-47-42-37-32-27-22-17-12-7-2)104-88(96)83-78-73-68-63-58-53-48-43-38-33-28-23-18-13-8-3)93(101,105-89(97)84-79-74-69-64-59-54-49-44-39-34-29-24-19-14-9-4)106-90(98)85-80-75-70-65-60-55-50-45-40-35-30-25-20-15-10-5/h41-50,99-101H,6-40,51-85H2,1-5H3/b46-41-,47-42-,48-43-,49-44-,50-45-. The SMILES string of the molecule is CCCCCCCC/C=C\CCCCCCCC(=O)OC(O)(OC(=O)CCCCCCC/C=C\CCCCCCCC)C(O)(OC(=O)CCCCCCC/C=C\CCCCCCCC)C(O)(OC(=O)CCCCCCC/C=C\CCCCCCCC)OC(=O)CCCCCCC/C=C\CCCCCCCC. The van der Waals surface area contributed by atoms with Crippen molar-refractivity contribution in [1.82, 2.24) is 0 Å². The van der Waals surface area contributed by atoms with E-state index in [0.29, 0.717) is 32.1 Å². The van der Waals surface area contributed by atoms with Crippen molar-refractivity contribution in [3.05, 3.63) is 60.8 Å². The molecule has 0 rings (SSSR count). The second-order valence-corrected chi connectivity index (χ2v) is 30.8. The van der Waals surface area contributed by atoms with Crippen LogP contribution in [0.1, 0.15) is 484 Å². The van der Waals surface area contributed by atoms with E-state index in [9.17, 15) is 39.3 Å². The molecule has 106 heavy (non-hydrogen) atoms. The second-order valence-electron chi connectivity index (χ2n) is 30.8. The van der Waals surface area contributed by atoms with Gasteiger partial charge < -0.3 is 39.0 Å². The summed E-state index contributed by atoms with van der Waals surface area (Å²) >= 11 is 0. The van der Waals surface area contributed by atoms with Crippen molar-refractivity contribution in [2.45, 2.75) is 502 Å². The minimum atomic E-state index is -4.26. The van der Waals surface area contributed by atoms with Crippen molar-refractivity contribution in [1.29, 1.82) is 0 Å². The van der Waals surface area contributed by atoms with E-state index in [0.717, 1.165) is 161 Å². The van der Waals surface area contributed by atoms with Gasteiger partial charge in [0.05, 0.1) is 0 Å². The van der Waals surface area contributed by atoms with E-state index in [4.69, 9.17) is 23.7 Å². The van der Waals surface area contributed by atoms with Gasteiger partial charge in [0.1, 0.15) is 0 Å². The number of unbranched alkanes of at least 4 members (excludes halogenated alkanes) is 55. The van der Waals surface area contributed by atoms with E-state index in [-0.39, 0.29) is 64.2 Å². The zero-order valence-corrected chi connectivity index (χ0v) is 69.7. The van der Waals surface area contributed by atoms with Crippen LogP contribution < -0.4 is 0 Å². The second kappa shape index (κ2) is 77.6. The summed E-state index contributed by atoms with van der Waals surface area (Å²) < 4.78 is 28.2. The van der Waals surface area contributed by atoms with Crippen molar-refractivity contribution in [2.24, 2.45) is 0 Å². The third kappa shape index (κ3) is 63.7. The normalized spacial score (nSPS) is 12.3. The largest absolute Gasteiger partial charge is 0.455 e. The molecular formula is C93H168O13. The van der Waals surface area contributed by atoms with Gasteiger partial charge in [0.15, 0.2) is 0 Å². The Morgan fingerprint density at radius 2 is 0.311 bits per heavy atom. The van der Waals surface area contributed by atoms with Crippen LogP contribution in [0.25, 0.3) is 0 Å². The van der Waals surface area contributed by atoms with Gasteiger partial charge in [0.2, 0.25) is 0 Å². The van der Waals surface area contributed by atoms with Gasteiger partial charge in [0.25, 0.3) is 0 Å². The molecule has 3 N–H and O–H groups in total. The lowest BCUT2D eigenvalue weighted by atomic mass is 10.1. The fourth-order valence-corrected chi connectivity index (χ4v) is 13.4. The highest BCUT2D eigenvalue weighted by molar-refractivity contribution is 5.74. The topological polar surface area (TPSA) is 192 Å². The lowest BCUT2D eigenvalue weighted by molar-refractivity contribution is -0.539. The summed E-state index contributed by atoms with van der Waals surface area (Å²) in [6.45, 7) is 11.2. The highest BCUT2D eigenvalue weighted by Gasteiger charge is 2.78. The molecule has 0 radical (unpaired) electrons. The number of ether oxygens (including phenoxy) is 5. The van der Waals surface area contributed by atoms with Crippen LogP contribution in [-0.2, 0) is 47.7 Å². The first-order valence-corrected chi connectivity index (χ1v) is 45.3. The maximum atomic E-state index is 14.4. The predicted molar refractivity (Wildman–Crippen MR) is 443 cm³/mol. The van der Waals surface area contributed by atoms with Crippen LogP contribution in [0, 0.1) is 0 Å². The predicted octanol–water partition coefficient (Wildman–Crippen LogP) is 27.9. The third-order valence-corrected chi connectivity index (χ3v) is 20.3. The molecule has 0 unspecified atom stereocenters. The first-order valence-electron chi connectivity index (χ1n) is 45.3. The molecule has 0 aliphatic rings. The first kappa shape index (κ1) is 102. The van der Waals surface area contributed by atoms with Gasteiger partial charge >= 0.3 is 47.6 Å². The van der Waals surface area contributed by atoms with Crippen molar-refractivity contribution in [2.75, 3.05) is 0 Å². The molecule has 0 aromatic carbocycles. The summed E-state index contributed by atoms with van der Waals surface area (Å²) in [7, 11) is 0.